The molecule has 0 spiro atoms. The zero-order valence-corrected chi connectivity index (χ0v) is 11.9. The lowest BCUT2D eigenvalue weighted by molar-refractivity contribution is -0.142. The quantitative estimate of drug-likeness (QED) is 0.914. The summed E-state index contributed by atoms with van der Waals surface area (Å²) in [6.45, 7) is 1.67. The molecule has 1 atom stereocenters. The molecule has 1 aliphatic carbocycles. The van der Waals surface area contributed by atoms with E-state index in [1.165, 1.54) is 36.8 Å². The first-order valence-electron chi connectivity index (χ1n) is 7.80. The van der Waals surface area contributed by atoms with E-state index < -0.39 is 5.97 Å². The Hall–Kier alpha value is -1.35. The molecular weight excluding hydrogens is 250 g/mol. The standard InChI is InChI=1S/C17H23NO2/c19-17(20)16-6-3-11-18(16)12-13-7-9-15(10-8-13)14-4-1-2-5-14/h7-10,14,16H,1-6,11-12H2,(H,19,20)/t16-/m0/s1. The van der Waals surface area contributed by atoms with Crippen molar-refractivity contribution in [3.05, 3.63) is 35.4 Å². The second-order valence-corrected chi connectivity index (χ2v) is 6.19. The third kappa shape index (κ3) is 2.88. The van der Waals surface area contributed by atoms with E-state index in [2.05, 4.69) is 29.2 Å². The van der Waals surface area contributed by atoms with E-state index in [9.17, 15) is 9.90 Å². The average Bonchev–Trinajstić information content (AvgIpc) is 3.10. The van der Waals surface area contributed by atoms with E-state index in [0.717, 1.165) is 31.8 Å². The fourth-order valence-electron chi connectivity index (χ4n) is 3.68. The van der Waals surface area contributed by atoms with E-state index in [4.69, 9.17) is 0 Å². The summed E-state index contributed by atoms with van der Waals surface area (Å²) in [7, 11) is 0. The summed E-state index contributed by atoms with van der Waals surface area (Å²) < 4.78 is 0. The molecule has 0 amide bonds. The molecule has 3 heteroatoms. The van der Waals surface area contributed by atoms with E-state index >= 15 is 0 Å². The van der Waals surface area contributed by atoms with Crippen LogP contribution in [0.4, 0.5) is 0 Å². The first kappa shape index (κ1) is 13.6. The summed E-state index contributed by atoms with van der Waals surface area (Å²) in [6.07, 6.45) is 7.16. The number of rotatable bonds is 4. The van der Waals surface area contributed by atoms with Gasteiger partial charge in [-0.15, -0.1) is 0 Å². The molecule has 1 heterocycles. The third-order valence-electron chi connectivity index (χ3n) is 4.84. The van der Waals surface area contributed by atoms with Crippen molar-refractivity contribution in [2.75, 3.05) is 6.54 Å². The number of hydrogen-bond acceptors (Lipinski definition) is 2. The summed E-state index contributed by atoms with van der Waals surface area (Å²) in [5, 5.41) is 9.21. The van der Waals surface area contributed by atoms with Gasteiger partial charge < -0.3 is 5.11 Å². The Morgan fingerprint density at radius 2 is 1.80 bits per heavy atom. The summed E-state index contributed by atoms with van der Waals surface area (Å²) in [5.74, 6) is 0.0766. The van der Waals surface area contributed by atoms with Crippen LogP contribution in [0.15, 0.2) is 24.3 Å². The van der Waals surface area contributed by atoms with Gasteiger partial charge in [0.25, 0.3) is 0 Å². The van der Waals surface area contributed by atoms with Gasteiger partial charge in [-0.05, 0) is 49.3 Å². The SMILES string of the molecule is O=C(O)[C@@H]1CCCN1Cc1ccc(C2CCCC2)cc1. The molecule has 0 unspecified atom stereocenters. The highest BCUT2D eigenvalue weighted by molar-refractivity contribution is 5.73. The lowest BCUT2D eigenvalue weighted by Crippen LogP contribution is -2.35. The van der Waals surface area contributed by atoms with Crippen molar-refractivity contribution in [1.82, 2.24) is 4.90 Å². The monoisotopic (exact) mass is 273 g/mol. The molecular formula is C17H23NO2. The molecule has 3 nitrogen and oxygen atoms in total. The van der Waals surface area contributed by atoms with Crippen LogP contribution in [-0.4, -0.2) is 28.6 Å². The molecule has 1 N–H and O–H groups in total. The molecule has 1 aromatic carbocycles. The highest BCUT2D eigenvalue weighted by atomic mass is 16.4. The van der Waals surface area contributed by atoms with Gasteiger partial charge >= 0.3 is 5.97 Å². The van der Waals surface area contributed by atoms with Crippen molar-refractivity contribution in [3.8, 4) is 0 Å². The lowest BCUT2D eigenvalue weighted by Gasteiger charge is -2.21. The number of carboxylic acid groups (broad SMARTS) is 1. The van der Waals surface area contributed by atoms with Crippen molar-refractivity contribution in [1.29, 1.82) is 0 Å². The molecule has 0 bridgehead atoms. The van der Waals surface area contributed by atoms with Crippen molar-refractivity contribution < 1.29 is 9.90 Å². The second kappa shape index (κ2) is 5.96. The molecule has 108 valence electrons. The maximum atomic E-state index is 11.2. The Morgan fingerprint density at radius 3 is 2.45 bits per heavy atom. The number of aliphatic carboxylic acids is 1. The molecule has 1 saturated carbocycles. The number of nitrogens with zero attached hydrogens (tertiary/aromatic N) is 1. The zero-order chi connectivity index (χ0) is 13.9. The predicted octanol–water partition coefficient (Wildman–Crippen LogP) is 3.39. The fourth-order valence-corrected chi connectivity index (χ4v) is 3.68. The summed E-state index contributed by atoms with van der Waals surface area (Å²) in [4.78, 5) is 13.3. The Morgan fingerprint density at radius 1 is 1.10 bits per heavy atom. The van der Waals surface area contributed by atoms with E-state index in [0.29, 0.717) is 0 Å². The van der Waals surface area contributed by atoms with Gasteiger partial charge in [0, 0.05) is 6.54 Å². The van der Waals surface area contributed by atoms with Crippen LogP contribution < -0.4 is 0 Å². The number of likely N-dealkylation sites (tertiary alicyclic amines) is 1. The molecule has 1 aliphatic heterocycles. The van der Waals surface area contributed by atoms with Crippen molar-refractivity contribution >= 4 is 5.97 Å². The first-order chi connectivity index (χ1) is 9.74. The van der Waals surface area contributed by atoms with Gasteiger partial charge in [-0.1, -0.05) is 37.1 Å². The Labute approximate surface area is 120 Å². The number of carbonyl (C=O) groups is 1. The summed E-state index contributed by atoms with van der Waals surface area (Å²) in [5.41, 5.74) is 2.70. The minimum Gasteiger partial charge on any atom is -0.480 e. The van der Waals surface area contributed by atoms with Crippen molar-refractivity contribution in [2.45, 2.75) is 57.0 Å². The third-order valence-corrected chi connectivity index (χ3v) is 4.84. The van der Waals surface area contributed by atoms with Gasteiger partial charge in [0.1, 0.15) is 6.04 Å². The zero-order valence-electron chi connectivity index (χ0n) is 11.9. The Balaban J connectivity index is 1.64. The van der Waals surface area contributed by atoms with Crippen LogP contribution >= 0.6 is 0 Å². The molecule has 0 aromatic heterocycles. The molecule has 2 aliphatic rings. The van der Waals surface area contributed by atoms with E-state index in [1.807, 2.05) is 0 Å². The van der Waals surface area contributed by atoms with Crippen molar-refractivity contribution in [2.24, 2.45) is 0 Å². The van der Waals surface area contributed by atoms with E-state index in [-0.39, 0.29) is 6.04 Å². The molecule has 20 heavy (non-hydrogen) atoms. The highest BCUT2D eigenvalue weighted by Crippen LogP contribution is 2.34. The summed E-state index contributed by atoms with van der Waals surface area (Å²) in [6, 6.07) is 8.58. The Bertz CT molecular complexity index is 462. The molecule has 3 rings (SSSR count). The van der Waals surface area contributed by atoms with Crippen LogP contribution in [-0.2, 0) is 11.3 Å². The smallest absolute Gasteiger partial charge is 0.320 e. The van der Waals surface area contributed by atoms with Gasteiger partial charge in [-0.3, -0.25) is 9.69 Å². The molecule has 1 saturated heterocycles. The van der Waals surface area contributed by atoms with E-state index in [1.54, 1.807) is 0 Å². The normalized spacial score (nSPS) is 24.3. The highest BCUT2D eigenvalue weighted by Gasteiger charge is 2.30. The van der Waals surface area contributed by atoms with Gasteiger partial charge in [-0.25, -0.2) is 0 Å². The second-order valence-electron chi connectivity index (χ2n) is 6.19. The molecule has 0 radical (unpaired) electrons. The van der Waals surface area contributed by atoms with Gasteiger partial charge in [0.15, 0.2) is 0 Å². The fraction of sp³-hybridized carbons (Fsp3) is 0.588. The van der Waals surface area contributed by atoms with Crippen LogP contribution in [0.2, 0.25) is 0 Å². The Kier molecular flexibility index (Phi) is 4.06. The predicted molar refractivity (Wildman–Crippen MR) is 78.7 cm³/mol. The minimum absolute atomic E-state index is 0.287. The lowest BCUT2D eigenvalue weighted by atomic mass is 9.96. The van der Waals surface area contributed by atoms with Crippen LogP contribution in [0.5, 0.6) is 0 Å². The number of carboxylic acids is 1. The maximum Gasteiger partial charge on any atom is 0.320 e. The van der Waals surface area contributed by atoms with Crippen LogP contribution in [0, 0.1) is 0 Å². The maximum absolute atomic E-state index is 11.2. The van der Waals surface area contributed by atoms with Crippen LogP contribution in [0.1, 0.15) is 55.6 Å². The van der Waals surface area contributed by atoms with Gasteiger partial charge in [0.05, 0.1) is 0 Å². The van der Waals surface area contributed by atoms with Crippen LogP contribution in [0.25, 0.3) is 0 Å². The minimum atomic E-state index is -0.676. The van der Waals surface area contributed by atoms with Crippen LogP contribution in [0.3, 0.4) is 0 Å². The largest absolute Gasteiger partial charge is 0.480 e. The number of benzene rings is 1. The average molecular weight is 273 g/mol. The summed E-state index contributed by atoms with van der Waals surface area (Å²) >= 11 is 0. The number of hydrogen-bond donors (Lipinski definition) is 1. The van der Waals surface area contributed by atoms with Gasteiger partial charge in [-0.2, -0.15) is 0 Å². The van der Waals surface area contributed by atoms with Gasteiger partial charge in [0.2, 0.25) is 0 Å². The molecule has 2 fully saturated rings. The topological polar surface area (TPSA) is 40.5 Å². The first-order valence-corrected chi connectivity index (χ1v) is 7.80. The van der Waals surface area contributed by atoms with Crippen molar-refractivity contribution in [3.63, 3.8) is 0 Å². The molecule has 1 aromatic rings.